The van der Waals surface area contributed by atoms with Gasteiger partial charge in [0.2, 0.25) is 0 Å². The van der Waals surface area contributed by atoms with E-state index in [1.165, 1.54) is 6.27 Å². The molecule has 2 unspecified atom stereocenters. The van der Waals surface area contributed by atoms with E-state index in [4.69, 9.17) is 0 Å². The first-order valence-electron chi connectivity index (χ1n) is 2.69. The molecule has 0 saturated carbocycles. The van der Waals surface area contributed by atoms with Gasteiger partial charge < -0.3 is 24.8 Å². The molecule has 2 aromatic rings. The predicted octanol–water partition coefficient (Wildman–Crippen LogP) is -5.47. The van der Waals surface area contributed by atoms with Crippen LogP contribution in [-0.4, -0.2) is 18.5 Å². The molecule has 0 aliphatic rings. The van der Waals surface area contributed by atoms with Gasteiger partial charge in [-0.05, 0) is 0 Å². The molecule has 2 aromatic heterocycles. The van der Waals surface area contributed by atoms with Crippen LogP contribution in [0.25, 0.3) is 0 Å². The average molecular weight is 368 g/mol. The van der Waals surface area contributed by atoms with Crippen molar-refractivity contribution in [2.75, 3.05) is 0 Å². The minimum atomic E-state index is -0.586. The molecule has 0 N–H and O–H groups in total. The van der Waals surface area contributed by atoms with Gasteiger partial charge in [-0.2, -0.15) is 0 Å². The molecule has 68 valence electrons. The molecule has 0 aliphatic heterocycles. The molecule has 0 fully saturated rings. The van der Waals surface area contributed by atoms with E-state index >= 15 is 0 Å². The second kappa shape index (κ2) is 7.84. The summed E-state index contributed by atoms with van der Waals surface area (Å²) in [7, 11) is 3.13. The Labute approximate surface area is 106 Å². The third kappa shape index (κ3) is 4.77. The number of aromatic nitrogens is 4. The summed E-state index contributed by atoms with van der Waals surface area (Å²) in [5.74, 6) is 0. The van der Waals surface area contributed by atoms with E-state index < -0.39 is 23.2 Å². The number of hydrogen-bond donors (Lipinski definition) is 0. The fraction of sp³-hybridized carbons (Fsp3) is 0. The van der Waals surface area contributed by atoms with Gasteiger partial charge in [0.15, 0.2) is 0 Å². The molecule has 0 amide bonds. The maximum absolute atomic E-state index is 4.29. The molecule has 0 aliphatic carbocycles. The molecule has 2 atom stereocenters. The van der Waals surface area contributed by atoms with Crippen molar-refractivity contribution in [2.45, 2.75) is 0 Å². The van der Waals surface area contributed by atoms with Gasteiger partial charge in [0.05, 0.1) is 0 Å². The summed E-state index contributed by atoms with van der Waals surface area (Å²) in [4.78, 5) is 0. The summed E-state index contributed by atoms with van der Waals surface area (Å²) < 4.78 is 19.6. The van der Waals surface area contributed by atoms with Crippen LogP contribution in [0.4, 0.5) is 0 Å². The molecule has 0 radical (unpaired) electrons. The van der Waals surface area contributed by atoms with Crippen LogP contribution in [-0.2, 0) is 23.2 Å². The molecule has 2 rings (SSSR count). The SMILES string of the molecule is [Cl-].[Cl-].n1pn[c]([Zr+2][c]2npn[pH]2)[pH]1. The number of rotatable bonds is 2. The fourth-order valence-corrected chi connectivity index (χ4v) is 10.2. The zero-order chi connectivity index (χ0) is 7.52. The standard InChI is InChI=1S/2CHN2P2.2ClH.Zr/c2*1-2-5-3-4-1;;;/h2*4H;2*1H;/q;;;;+2/p-2. The topological polar surface area (TPSA) is 51.6 Å². The van der Waals surface area contributed by atoms with Crippen LogP contribution >= 0.6 is 33.7 Å². The first-order chi connectivity index (χ1) is 5.45. The van der Waals surface area contributed by atoms with E-state index in [2.05, 4.69) is 18.5 Å². The molecular weight excluding hydrogens is 366 g/mol. The van der Waals surface area contributed by atoms with E-state index in [0.717, 1.165) is 17.0 Å². The number of hydrogen-bond acceptors (Lipinski definition) is 4. The minimum absolute atomic E-state index is 0. The monoisotopic (exact) mass is 366 g/mol. The van der Waals surface area contributed by atoms with Crippen LogP contribution < -0.4 is 31.1 Å². The zero-order valence-corrected chi connectivity index (χ0v) is 13.7. The Bertz CT molecular complexity index is 281. The van der Waals surface area contributed by atoms with Crippen LogP contribution in [0.1, 0.15) is 0 Å². The second-order valence-electron chi connectivity index (χ2n) is 1.62. The van der Waals surface area contributed by atoms with Gasteiger partial charge in [0.1, 0.15) is 0 Å². The molecule has 4 nitrogen and oxygen atoms in total. The normalized spacial score (nSPS) is 10.5. The summed E-state index contributed by atoms with van der Waals surface area (Å²) in [5.41, 5.74) is 0. The Kier molecular flexibility index (Phi) is 8.80. The maximum atomic E-state index is 4.29. The Morgan fingerprint density at radius 1 is 0.923 bits per heavy atom. The summed E-state index contributed by atoms with van der Waals surface area (Å²) in [6.07, 6.45) is 0. The molecular formula is C2H2Cl2N4P4Zr. The predicted molar refractivity (Wildman–Crippen MR) is 47.4 cm³/mol. The molecule has 0 saturated heterocycles. The Hall–Kier alpha value is 1.60. The van der Waals surface area contributed by atoms with Crippen LogP contribution in [0.3, 0.4) is 0 Å². The van der Waals surface area contributed by atoms with E-state index in [9.17, 15) is 0 Å². The van der Waals surface area contributed by atoms with Gasteiger partial charge in [-0.1, -0.05) is 0 Å². The van der Waals surface area contributed by atoms with Gasteiger partial charge >= 0.3 is 81.7 Å². The van der Waals surface area contributed by atoms with Crippen LogP contribution in [0.15, 0.2) is 0 Å². The van der Waals surface area contributed by atoms with Gasteiger partial charge in [-0.3, -0.25) is 0 Å². The van der Waals surface area contributed by atoms with Crippen molar-refractivity contribution in [2.24, 2.45) is 0 Å². The van der Waals surface area contributed by atoms with Crippen molar-refractivity contribution in [3.8, 4) is 0 Å². The Morgan fingerprint density at radius 3 is 1.69 bits per heavy atom. The molecule has 13 heavy (non-hydrogen) atoms. The second-order valence-corrected chi connectivity index (χ2v) is 10.8. The van der Waals surface area contributed by atoms with Crippen molar-refractivity contribution in [1.82, 2.24) is 18.5 Å². The molecule has 0 aromatic carbocycles. The van der Waals surface area contributed by atoms with E-state index in [-0.39, 0.29) is 24.8 Å². The Morgan fingerprint density at radius 2 is 1.38 bits per heavy atom. The quantitative estimate of drug-likeness (QED) is 0.531. The van der Waals surface area contributed by atoms with Crippen molar-refractivity contribution < 1.29 is 48.0 Å². The molecule has 11 heteroatoms. The first-order valence-corrected chi connectivity index (χ1v) is 8.65. The first kappa shape index (κ1) is 14.6. The summed E-state index contributed by atoms with van der Waals surface area (Å²) in [6.45, 7) is 0. The van der Waals surface area contributed by atoms with E-state index in [1.807, 2.05) is 0 Å². The van der Waals surface area contributed by atoms with Gasteiger partial charge in [-0.25, -0.2) is 0 Å². The average Bonchev–Trinajstić information content (AvgIpc) is 2.60. The third-order valence-corrected chi connectivity index (χ3v) is 9.81. The number of nitrogens with zero attached hydrogens (tertiary/aromatic N) is 4. The van der Waals surface area contributed by atoms with Gasteiger partial charge in [0.25, 0.3) is 0 Å². The van der Waals surface area contributed by atoms with Crippen LogP contribution in [0.5, 0.6) is 0 Å². The fourth-order valence-electron chi connectivity index (χ4n) is 0.536. The molecule has 2 heterocycles. The van der Waals surface area contributed by atoms with E-state index in [1.54, 1.807) is 0 Å². The van der Waals surface area contributed by atoms with Crippen molar-refractivity contribution >= 4 is 40.0 Å². The summed E-state index contributed by atoms with van der Waals surface area (Å²) in [6, 6.07) is 0. The number of halogens is 2. The third-order valence-electron chi connectivity index (χ3n) is 0.927. The molecule has 0 spiro atoms. The van der Waals surface area contributed by atoms with Crippen molar-refractivity contribution in [3.05, 3.63) is 0 Å². The van der Waals surface area contributed by atoms with Gasteiger partial charge in [-0.15, -0.1) is 0 Å². The summed E-state index contributed by atoms with van der Waals surface area (Å²) >= 11 is -0.586. The van der Waals surface area contributed by atoms with Gasteiger partial charge in [0, 0.05) is 0 Å². The van der Waals surface area contributed by atoms with Crippen molar-refractivity contribution in [1.29, 1.82) is 0 Å². The summed E-state index contributed by atoms with van der Waals surface area (Å²) in [5, 5.41) is 0. The van der Waals surface area contributed by atoms with Crippen LogP contribution in [0, 0.1) is 0 Å². The van der Waals surface area contributed by atoms with Crippen LogP contribution in [0.2, 0.25) is 0 Å². The molecule has 0 bridgehead atoms. The zero-order valence-electron chi connectivity index (χ0n) is 5.94. The van der Waals surface area contributed by atoms with Crippen molar-refractivity contribution in [3.63, 3.8) is 0 Å². The van der Waals surface area contributed by atoms with E-state index in [0.29, 0.717) is 16.7 Å². The Balaban J connectivity index is 0.000000720.